The lowest BCUT2D eigenvalue weighted by Gasteiger charge is -2.37. The minimum atomic E-state index is 0.171. The van der Waals surface area contributed by atoms with Crippen LogP contribution in [-0.2, 0) is 4.74 Å². The van der Waals surface area contributed by atoms with Gasteiger partial charge in [0.1, 0.15) is 0 Å². The van der Waals surface area contributed by atoms with Crippen LogP contribution in [0.2, 0.25) is 0 Å². The van der Waals surface area contributed by atoms with Crippen molar-refractivity contribution in [1.82, 2.24) is 5.32 Å². The first-order valence-electron chi connectivity index (χ1n) is 5.48. The van der Waals surface area contributed by atoms with Gasteiger partial charge in [0.25, 0.3) is 0 Å². The SMILES string of the molecule is CCC(C)(NC(C)C)C1CCCO1. The summed E-state index contributed by atoms with van der Waals surface area (Å²) in [5, 5.41) is 3.62. The molecule has 0 amide bonds. The first-order chi connectivity index (χ1) is 6.08. The summed E-state index contributed by atoms with van der Waals surface area (Å²) < 4.78 is 5.75. The topological polar surface area (TPSA) is 21.3 Å². The zero-order valence-corrected chi connectivity index (χ0v) is 9.39. The van der Waals surface area contributed by atoms with E-state index in [0.717, 1.165) is 13.0 Å². The van der Waals surface area contributed by atoms with Crippen molar-refractivity contribution in [2.45, 2.75) is 64.6 Å². The predicted octanol–water partition coefficient (Wildman–Crippen LogP) is 2.33. The van der Waals surface area contributed by atoms with Crippen LogP contribution in [0, 0.1) is 0 Å². The molecule has 0 aromatic carbocycles. The van der Waals surface area contributed by atoms with E-state index in [1.807, 2.05) is 0 Å². The van der Waals surface area contributed by atoms with E-state index in [0.29, 0.717) is 12.1 Å². The molecule has 0 bridgehead atoms. The Morgan fingerprint density at radius 3 is 2.62 bits per heavy atom. The highest BCUT2D eigenvalue weighted by Crippen LogP contribution is 2.26. The van der Waals surface area contributed by atoms with Crippen molar-refractivity contribution in [2.75, 3.05) is 6.61 Å². The minimum absolute atomic E-state index is 0.171. The van der Waals surface area contributed by atoms with Crippen molar-refractivity contribution in [1.29, 1.82) is 0 Å². The van der Waals surface area contributed by atoms with Crippen LogP contribution < -0.4 is 5.32 Å². The molecule has 0 spiro atoms. The van der Waals surface area contributed by atoms with E-state index in [9.17, 15) is 0 Å². The Labute approximate surface area is 82.0 Å². The number of nitrogens with one attached hydrogen (secondary N) is 1. The zero-order valence-electron chi connectivity index (χ0n) is 9.39. The molecule has 78 valence electrons. The maximum atomic E-state index is 5.75. The third-order valence-corrected chi connectivity index (χ3v) is 2.99. The van der Waals surface area contributed by atoms with Crippen molar-refractivity contribution in [3.63, 3.8) is 0 Å². The van der Waals surface area contributed by atoms with Crippen molar-refractivity contribution in [3.05, 3.63) is 0 Å². The van der Waals surface area contributed by atoms with Gasteiger partial charge in [0.05, 0.1) is 6.10 Å². The Hall–Kier alpha value is -0.0800. The summed E-state index contributed by atoms with van der Waals surface area (Å²) in [5.74, 6) is 0. The van der Waals surface area contributed by atoms with E-state index < -0.39 is 0 Å². The molecular formula is C11H23NO. The quantitative estimate of drug-likeness (QED) is 0.726. The fraction of sp³-hybridized carbons (Fsp3) is 1.00. The lowest BCUT2D eigenvalue weighted by Crippen LogP contribution is -2.53. The van der Waals surface area contributed by atoms with E-state index >= 15 is 0 Å². The molecule has 0 radical (unpaired) electrons. The van der Waals surface area contributed by atoms with Crippen LogP contribution in [0.25, 0.3) is 0 Å². The number of hydrogen-bond donors (Lipinski definition) is 1. The highest BCUT2D eigenvalue weighted by molar-refractivity contribution is 4.93. The molecule has 2 unspecified atom stereocenters. The maximum absolute atomic E-state index is 5.75. The normalized spacial score (nSPS) is 27.9. The van der Waals surface area contributed by atoms with Crippen molar-refractivity contribution in [3.8, 4) is 0 Å². The van der Waals surface area contributed by atoms with Gasteiger partial charge < -0.3 is 10.1 Å². The summed E-state index contributed by atoms with van der Waals surface area (Å²) in [6, 6.07) is 0.536. The van der Waals surface area contributed by atoms with Gasteiger partial charge in [-0.15, -0.1) is 0 Å². The van der Waals surface area contributed by atoms with Crippen LogP contribution >= 0.6 is 0 Å². The second-order valence-electron chi connectivity index (χ2n) is 4.57. The second kappa shape index (κ2) is 4.43. The summed E-state index contributed by atoms with van der Waals surface area (Å²) in [5.41, 5.74) is 0.171. The van der Waals surface area contributed by atoms with Gasteiger partial charge in [-0.2, -0.15) is 0 Å². The molecule has 1 saturated heterocycles. The molecule has 13 heavy (non-hydrogen) atoms. The average Bonchev–Trinajstić information content (AvgIpc) is 2.55. The minimum Gasteiger partial charge on any atom is -0.376 e. The van der Waals surface area contributed by atoms with Gasteiger partial charge in [-0.25, -0.2) is 0 Å². The first-order valence-corrected chi connectivity index (χ1v) is 5.48. The second-order valence-corrected chi connectivity index (χ2v) is 4.57. The molecule has 0 aromatic rings. The third kappa shape index (κ3) is 2.68. The number of rotatable bonds is 4. The molecule has 1 fully saturated rings. The first kappa shape index (κ1) is 11.0. The fourth-order valence-electron chi connectivity index (χ4n) is 2.16. The molecule has 2 heteroatoms. The van der Waals surface area contributed by atoms with Gasteiger partial charge >= 0.3 is 0 Å². The van der Waals surface area contributed by atoms with Crippen LogP contribution in [0.5, 0.6) is 0 Å². The standard InChI is InChI=1S/C11H23NO/c1-5-11(4,12-9(2)3)10-7-6-8-13-10/h9-10,12H,5-8H2,1-4H3. The Morgan fingerprint density at radius 2 is 2.23 bits per heavy atom. The molecule has 0 saturated carbocycles. The number of ether oxygens (including phenoxy) is 1. The average molecular weight is 185 g/mol. The Morgan fingerprint density at radius 1 is 1.54 bits per heavy atom. The lowest BCUT2D eigenvalue weighted by atomic mass is 9.89. The van der Waals surface area contributed by atoms with Crippen LogP contribution in [0.15, 0.2) is 0 Å². The Balaban J connectivity index is 2.55. The van der Waals surface area contributed by atoms with Crippen LogP contribution in [0.3, 0.4) is 0 Å². The van der Waals surface area contributed by atoms with Gasteiger partial charge in [0, 0.05) is 18.2 Å². The summed E-state index contributed by atoms with van der Waals surface area (Å²) in [4.78, 5) is 0. The molecule has 1 N–H and O–H groups in total. The number of hydrogen-bond acceptors (Lipinski definition) is 2. The fourth-order valence-corrected chi connectivity index (χ4v) is 2.16. The van der Waals surface area contributed by atoms with Crippen molar-refractivity contribution >= 4 is 0 Å². The van der Waals surface area contributed by atoms with Crippen molar-refractivity contribution in [2.24, 2.45) is 0 Å². The molecule has 1 heterocycles. The summed E-state index contributed by atoms with van der Waals surface area (Å²) in [6.07, 6.45) is 3.99. The Kier molecular flexibility index (Phi) is 3.74. The molecule has 0 aromatic heterocycles. The van der Waals surface area contributed by atoms with Gasteiger partial charge in [-0.1, -0.05) is 20.8 Å². The summed E-state index contributed by atoms with van der Waals surface area (Å²) in [7, 11) is 0. The zero-order chi connectivity index (χ0) is 9.90. The molecule has 0 aliphatic carbocycles. The summed E-state index contributed by atoms with van der Waals surface area (Å²) in [6.45, 7) is 9.85. The lowest BCUT2D eigenvalue weighted by molar-refractivity contribution is 0.0297. The largest absolute Gasteiger partial charge is 0.376 e. The van der Waals surface area contributed by atoms with Gasteiger partial charge in [0.2, 0.25) is 0 Å². The van der Waals surface area contributed by atoms with E-state index in [1.165, 1.54) is 12.8 Å². The smallest absolute Gasteiger partial charge is 0.0754 e. The highest BCUT2D eigenvalue weighted by atomic mass is 16.5. The van der Waals surface area contributed by atoms with Gasteiger partial charge in [-0.3, -0.25) is 0 Å². The van der Waals surface area contributed by atoms with E-state index in [4.69, 9.17) is 4.74 Å². The van der Waals surface area contributed by atoms with Crippen LogP contribution in [0.1, 0.15) is 47.0 Å². The van der Waals surface area contributed by atoms with Crippen LogP contribution in [0.4, 0.5) is 0 Å². The summed E-state index contributed by atoms with van der Waals surface area (Å²) >= 11 is 0. The molecule has 2 nitrogen and oxygen atoms in total. The van der Waals surface area contributed by atoms with E-state index in [-0.39, 0.29) is 5.54 Å². The Bertz CT molecular complexity index is 152. The van der Waals surface area contributed by atoms with Gasteiger partial charge in [-0.05, 0) is 26.2 Å². The molecule has 2 atom stereocenters. The van der Waals surface area contributed by atoms with Crippen molar-refractivity contribution < 1.29 is 4.74 Å². The maximum Gasteiger partial charge on any atom is 0.0754 e. The molecular weight excluding hydrogens is 162 g/mol. The van der Waals surface area contributed by atoms with Crippen LogP contribution in [-0.4, -0.2) is 24.3 Å². The van der Waals surface area contributed by atoms with Gasteiger partial charge in [0.15, 0.2) is 0 Å². The van der Waals surface area contributed by atoms with E-state index in [1.54, 1.807) is 0 Å². The monoisotopic (exact) mass is 185 g/mol. The third-order valence-electron chi connectivity index (χ3n) is 2.99. The van der Waals surface area contributed by atoms with E-state index in [2.05, 4.69) is 33.0 Å². The molecule has 1 rings (SSSR count). The molecule has 1 aliphatic rings. The predicted molar refractivity (Wildman–Crippen MR) is 55.9 cm³/mol. The highest BCUT2D eigenvalue weighted by Gasteiger charge is 2.35. The molecule has 1 aliphatic heterocycles.